The molecule has 1 aromatic rings. The normalized spacial score (nSPS) is 11.3. The topological polar surface area (TPSA) is 44.5 Å². The standard InChI is InChI=1S/C13H18ClNO2S/c1-13(2,16-3)6-7-17-11-5-4-9(14)8-10(11)12(15)18/h4-5,8H,6-7H2,1-3H3,(H2,15,18). The van der Waals surface area contributed by atoms with Gasteiger partial charge in [0, 0.05) is 18.6 Å². The van der Waals surface area contributed by atoms with Crippen LogP contribution in [0.3, 0.4) is 0 Å². The first kappa shape index (κ1) is 15.2. The van der Waals surface area contributed by atoms with E-state index in [9.17, 15) is 0 Å². The first-order chi connectivity index (χ1) is 8.35. The Balaban J connectivity index is 2.70. The van der Waals surface area contributed by atoms with E-state index in [2.05, 4.69) is 0 Å². The van der Waals surface area contributed by atoms with Crippen LogP contribution in [0.2, 0.25) is 5.02 Å². The molecule has 0 saturated heterocycles. The zero-order chi connectivity index (χ0) is 13.8. The Morgan fingerprint density at radius 2 is 2.11 bits per heavy atom. The van der Waals surface area contributed by atoms with E-state index in [1.165, 1.54) is 0 Å². The van der Waals surface area contributed by atoms with Gasteiger partial charge < -0.3 is 15.2 Å². The van der Waals surface area contributed by atoms with Gasteiger partial charge in [-0.2, -0.15) is 0 Å². The maximum Gasteiger partial charge on any atom is 0.129 e. The maximum atomic E-state index is 5.90. The molecular formula is C13H18ClNO2S. The van der Waals surface area contributed by atoms with Gasteiger partial charge >= 0.3 is 0 Å². The predicted octanol–water partition coefficient (Wildman–Crippen LogP) is 3.17. The van der Waals surface area contributed by atoms with Crippen LogP contribution < -0.4 is 10.5 Å². The van der Waals surface area contributed by atoms with Gasteiger partial charge in [-0.05, 0) is 32.0 Å². The van der Waals surface area contributed by atoms with Crippen molar-refractivity contribution in [2.45, 2.75) is 25.9 Å². The quantitative estimate of drug-likeness (QED) is 0.816. The molecule has 0 unspecified atom stereocenters. The Bertz CT molecular complexity index is 435. The summed E-state index contributed by atoms with van der Waals surface area (Å²) in [5.41, 5.74) is 6.08. The maximum absolute atomic E-state index is 5.90. The van der Waals surface area contributed by atoms with Crippen LogP contribution in [0.1, 0.15) is 25.8 Å². The van der Waals surface area contributed by atoms with E-state index in [1.807, 2.05) is 13.8 Å². The van der Waals surface area contributed by atoms with Crippen molar-refractivity contribution in [3.63, 3.8) is 0 Å². The molecule has 0 aromatic heterocycles. The van der Waals surface area contributed by atoms with E-state index in [0.29, 0.717) is 22.9 Å². The number of nitrogens with two attached hydrogens (primary N) is 1. The van der Waals surface area contributed by atoms with Crippen LogP contribution in [-0.4, -0.2) is 24.3 Å². The summed E-state index contributed by atoms with van der Waals surface area (Å²) >= 11 is 10.9. The molecule has 5 heteroatoms. The largest absolute Gasteiger partial charge is 0.493 e. The molecule has 0 aliphatic rings. The smallest absolute Gasteiger partial charge is 0.129 e. The number of hydrogen-bond donors (Lipinski definition) is 1. The van der Waals surface area contributed by atoms with Crippen molar-refractivity contribution >= 4 is 28.8 Å². The number of hydrogen-bond acceptors (Lipinski definition) is 3. The molecular weight excluding hydrogens is 270 g/mol. The summed E-state index contributed by atoms with van der Waals surface area (Å²) < 4.78 is 11.0. The highest BCUT2D eigenvalue weighted by molar-refractivity contribution is 7.80. The van der Waals surface area contributed by atoms with E-state index in [-0.39, 0.29) is 10.6 Å². The molecule has 100 valence electrons. The molecule has 0 bridgehead atoms. The predicted molar refractivity (Wildman–Crippen MR) is 78.5 cm³/mol. The van der Waals surface area contributed by atoms with E-state index < -0.39 is 0 Å². The summed E-state index contributed by atoms with van der Waals surface area (Å²) in [7, 11) is 1.68. The van der Waals surface area contributed by atoms with Crippen LogP contribution >= 0.6 is 23.8 Å². The van der Waals surface area contributed by atoms with Crippen molar-refractivity contribution in [3.05, 3.63) is 28.8 Å². The molecule has 3 nitrogen and oxygen atoms in total. The van der Waals surface area contributed by atoms with Gasteiger partial charge in [-0.3, -0.25) is 0 Å². The minimum atomic E-state index is -0.212. The number of thiocarbonyl (C=S) groups is 1. The zero-order valence-corrected chi connectivity index (χ0v) is 12.4. The molecule has 0 heterocycles. The second kappa shape index (κ2) is 6.36. The summed E-state index contributed by atoms with van der Waals surface area (Å²) in [5, 5.41) is 0.586. The molecule has 0 atom stereocenters. The van der Waals surface area contributed by atoms with Crippen LogP contribution in [-0.2, 0) is 4.74 Å². The van der Waals surface area contributed by atoms with E-state index in [4.69, 9.17) is 39.0 Å². The summed E-state index contributed by atoms with van der Waals surface area (Å²) in [6.45, 7) is 4.54. The average Bonchev–Trinajstić information content (AvgIpc) is 2.30. The van der Waals surface area contributed by atoms with Crippen molar-refractivity contribution in [2.24, 2.45) is 5.73 Å². The van der Waals surface area contributed by atoms with Crippen molar-refractivity contribution < 1.29 is 9.47 Å². The second-order valence-corrected chi connectivity index (χ2v) is 5.44. The molecule has 1 aromatic carbocycles. The van der Waals surface area contributed by atoms with Gasteiger partial charge in [-0.15, -0.1) is 0 Å². The van der Waals surface area contributed by atoms with Crippen LogP contribution in [0, 0.1) is 0 Å². The minimum absolute atomic E-state index is 0.212. The Hall–Kier alpha value is -0.840. The lowest BCUT2D eigenvalue weighted by Crippen LogP contribution is -2.25. The lowest BCUT2D eigenvalue weighted by atomic mass is 10.1. The van der Waals surface area contributed by atoms with Crippen LogP contribution in [0.4, 0.5) is 0 Å². The Kier molecular flexibility index (Phi) is 5.38. The molecule has 1 rings (SSSR count). The third kappa shape index (κ3) is 4.44. The minimum Gasteiger partial charge on any atom is -0.493 e. The fourth-order valence-electron chi connectivity index (χ4n) is 1.33. The third-order valence-corrected chi connectivity index (χ3v) is 3.18. The average molecular weight is 288 g/mol. The molecule has 0 radical (unpaired) electrons. The van der Waals surface area contributed by atoms with E-state index in [1.54, 1.807) is 25.3 Å². The summed E-state index contributed by atoms with van der Waals surface area (Å²) in [4.78, 5) is 0.276. The number of rotatable bonds is 6. The lowest BCUT2D eigenvalue weighted by Gasteiger charge is -2.23. The van der Waals surface area contributed by atoms with Gasteiger partial charge in [0.15, 0.2) is 0 Å². The molecule has 0 aliphatic heterocycles. The third-order valence-electron chi connectivity index (χ3n) is 2.72. The van der Waals surface area contributed by atoms with Gasteiger partial charge in [0.05, 0.1) is 17.8 Å². The van der Waals surface area contributed by atoms with E-state index >= 15 is 0 Å². The fraction of sp³-hybridized carbons (Fsp3) is 0.462. The fourth-order valence-corrected chi connectivity index (χ4v) is 1.66. The number of ether oxygens (including phenoxy) is 2. The summed E-state index contributed by atoms with van der Waals surface area (Å²) in [5.74, 6) is 0.652. The number of halogens is 1. The molecule has 0 spiro atoms. The Morgan fingerprint density at radius 1 is 1.44 bits per heavy atom. The van der Waals surface area contributed by atoms with Crippen molar-refractivity contribution in [3.8, 4) is 5.75 Å². The van der Waals surface area contributed by atoms with Crippen molar-refractivity contribution in [2.75, 3.05) is 13.7 Å². The van der Waals surface area contributed by atoms with Crippen molar-refractivity contribution in [1.29, 1.82) is 0 Å². The molecule has 0 amide bonds. The molecule has 18 heavy (non-hydrogen) atoms. The van der Waals surface area contributed by atoms with Crippen LogP contribution in [0.5, 0.6) is 5.75 Å². The van der Waals surface area contributed by atoms with Gasteiger partial charge in [-0.1, -0.05) is 23.8 Å². The second-order valence-electron chi connectivity index (χ2n) is 4.57. The summed E-state index contributed by atoms with van der Waals surface area (Å²) in [6, 6.07) is 5.23. The Labute approximate surface area is 118 Å². The van der Waals surface area contributed by atoms with Gasteiger partial charge in [0.2, 0.25) is 0 Å². The van der Waals surface area contributed by atoms with Crippen LogP contribution in [0.15, 0.2) is 18.2 Å². The molecule has 2 N–H and O–H groups in total. The first-order valence-electron chi connectivity index (χ1n) is 5.63. The van der Waals surface area contributed by atoms with Gasteiger partial charge in [-0.25, -0.2) is 0 Å². The first-order valence-corrected chi connectivity index (χ1v) is 6.41. The highest BCUT2D eigenvalue weighted by Crippen LogP contribution is 2.24. The van der Waals surface area contributed by atoms with E-state index in [0.717, 1.165) is 6.42 Å². The number of benzene rings is 1. The van der Waals surface area contributed by atoms with Crippen molar-refractivity contribution in [1.82, 2.24) is 0 Å². The van der Waals surface area contributed by atoms with Gasteiger partial charge in [0.1, 0.15) is 10.7 Å². The van der Waals surface area contributed by atoms with Crippen LogP contribution in [0.25, 0.3) is 0 Å². The molecule has 0 fully saturated rings. The molecule has 0 aliphatic carbocycles. The Morgan fingerprint density at radius 3 is 2.67 bits per heavy atom. The number of methoxy groups -OCH3 is 1. The molecule has 0 saturated carbocycles. The summed E-state index contributed by atoms with van der Waals surface area (Å²) in [6.07, 6.45) is 0.767. The zero-order valence-electron chi connectivity index (χ0n) is 10.8. The SMILES string of the molecule is COC(C)(C)CCOc1ccc(Cl)cc1C(N)=S. The van der Waals surface area contributed by atoms with Gasteiger partial charge in [0.25, 0.3) is 0 Å². The highest BCUT2D eigenvalue weighted by atomic mass is 35.5. The monoisotopic (exact) mass is 287 g/mol. The highest BCUT2D eigenvalue weighted by Gasteiger charge is 2.16. The lowest BCUT2D eigenvalue weighted by molar-refractivity contribution is 0.00544.